The van der Waals surface area contributed by atoms with Crippen LogP contribution in [0.2, 0.25) is 0 Å². The van der Waals surface area contributed by atoms with Crippen molar-refractivity contribution in [2.45, 2.75) is 12.8 Å². The lowest BCUT2D eigenvalue weighted by molar-refractivity contribution is -0.132. The van der Waals surface area contributed by atoms with Gasteiger partial charge in [-0.1, -0.05) is 5.70 Å². The Balaban J connectivity index is 4.12. The fourth-order valence-corrected chi connectivity index (χ4v) is 1.66. The largest absolute Gasteiger partial charge is 0.477 e. The molecule has 0 aromatic carbocycles. The summed E-state index contributed by atoms with van der Waals surface area (Å²) in [5.74, 6) is -1.15. The molecular formula is C8H14O4Si. The second kappa shape index (κ2) is 6.62. The molecule has 0 aromatic heterocycles. The molecular weight excluding hydrogens is 188 g/mol. The number of carboxylic acid groups (broad SMARTS) is 1. The molecule has 0 aliphatic heterocycles. The second-order valence-corrected chi connectivity index (χ2v) is 3.96. The average Bonchev–Trinajstić information content (AvgIpc) is 2.12. The zero-order valence-corrected chi connectivity index (χ0v) is 9.45. The maximum Gasteiger partial charge on any atom is 0.339 e. The zero-order valence-electron chi connectivity index (χ0n) is 8.03. The van der Waals surface area contributed by atoms with E-state index in [1.54, 1.807) is 19.9 Å². The minimum absolute atomic E-state index is 0.200. The Labute approximate surface area is 79.7 Å². The van der Waals surface area contributed by atoms with Crippen molar-refractivity contribution in [1.29, 1.82) is 0 Å². The highest BCUT2D eigenvalue weighted by Crippen LogP contribution is 1.90. The van der Waals surface area contributed by atoms with Crippen molar-refractivity contribution in [1.82, 2.24) is 0 Å². The summed E-state index contributed by atoms with van der Waals surface area (Å²) in [6, 6.07) is 0. The van der Waals surface area contributed by atoms with Crippen LogP contribution in [-0.4, -0.2) is 40.7 Å². The standard InChI is InChI=1S/C8H14O4Si/c1-6(7(9)10)4-5-13-8(11-2)12-3/h5,8H,13H2,1-3H3,(H,9,10). The van der Waals surface area contributed by atoms with Crippen LogP contribution in [0.5, 0.6) is 0 Å². The number of carboxylic acids is 1. The van der Waals surface area contributed by atoms with Crippen LogP contribution >= 0.6 is 0 Å². The van der Waals surface area contributed by atoms with Crippen molar-refractivity contribution < 1.29 is 19.4 Å². The zero-order chi connectivity index (χ0) is 10.3. The van der Waals surface area contributed by atoms with Gasteiger partial charge < -0.3 is 14.6 Å². The van der Waals surface area contributed by atoms with Crippen LogP contribution in [0.4, 0.5) is 0 Å². The molecule has 0 atom stereocenters. The molecule has 0 fully saturated rings. The molecule has 1 N–H and O–H groups in total. The minimum atomic E-state index is -0.948. The number of aliphatic carboxylic acids is 1. The number of hydrogen-bond acceptors (Lipinski definition) is 3. The Kier molecular flexibility index (Phi) is 6.18. The first-order chi connectivity index (χ1) is 6.11. The van der Waals surface area contributed by atoms with Gasteiger partial charge in [0.2, 0.25) is 0 Å². The Morgan fingerprint density at radius 1 is 1.54 bits per heavy atom. The Hall–Kier alpha value is -0.873. The van der Waals surface area contributed by atoms with Crippen LogP contribution in [0.1, 0.15) is 6.92 Å². The lowest BCUT2D eigenvalue weighted by Gasteiger charge is -2.08. The monoisotopic (exact) mass is 202 g/mol. The molecule has 0 radical (unpaired) electrons. The lowest BCUT2D eigenvalue weighted by Crippen LogP contribution is -2.19. The van der Waals surface area contributed by atoms with E-state index >= 15 is 0 Å². The van der Waals surface area contributed by atoms with Crippen LogP contribution in [0, 0.1) is 0 Å². The molecule has 4 nitrogen and oxygen atoms in total. The SMILES string of the molecule is COC(OC)[SiH2]C=C=C(C)C(=O)O. The van der Waals surface area contributed by atoms with Gasteiger partial charge in [-0.15, -0.1) is 5.73 Å². The molecule has 0 aromatic rings. The molecule has 0 amide bonds. The first-order valence-corrected chi connectivity index (χ1v) is 5.45. The van der Waals surface area contributed by atoms with Crippen molar-refractivity contribution in [2.75, 3.05) is 14.2 Å². The van der Waals surface area contributed by atoms with Crippen molar-refractivity contribution in [2.24, 2.45) is 0 Å². The van der Waals surface area contributed by atoms with Gasteiger partial charge in [-0.25, -0.2) is 4.79 Å². The van der Waals surface area contributed by atoms with Gasteiger partial charge in [-0.05, 0) is 6.92 Å². The normalized spacial score (nSPS) is 10.5. The van der Waals surface area contributed by atoms with E-state index in [4.69, 9.17) is 14.6 Å². The first kappa shape index (κ1) is 12.1. The molecule has 0 unspecified atom stereocenters. The molecule has 13 heavy (non-hydrogen) atoms. The number of carbonyl (C=O) groups is 1. The number of rotatable bonds is 5. The molecule has 74 valence electrons. The molecule has 0 bridgehead atoms. The third-order valence-corrected chi connectivity index (χ3v) is 2.97. The second-order valence-electron chi connectivity index (χ2n) is 2.42. The highest BCUT2D eigenvalue weighted by Gasteiger charge is 2.01. The number of ether oxygens (including phenoxy) is 2. The van der Waals surface area contributed by atoms with Gasteiger partial charge in [-0.3, -0.25) is 0 Å². The van der Waals surface area contributed by atoms with Crippen LogP contribution in [0.3, 0.4) is 0 Å². The van der Waals surface area contributed by atoms with Gasteiger partial charge in [0, 0.05) is 14.2 Å². The average molecular weight is 202 g/mol. The maximum atomic E-state index is 10.3. The summed E-state index contributed by atoms with van der Waals surface area (Å²) in [5, 5.41) is 8.50. The van der Waals surface area contributed by atoms with E-state index in [2.05, 4.69) is 5.73 Å². The topological polar surface area (TPSA) is 55.8 Å². The van der Waals surface area contributed by atoms with Crippen LogP contribution in [0.15, 0.2) is 17.0 Å². The highest BCUT2D eigenvalue weighted by molar-refractivity contribution is 6.43. The Morgan fingerprint density at radius 2 is 2.08 bits per heavy atom. The quantitative estimate of drug-likeness (QED) is 0.292. The number of hydrogen-bond donors (Lipinski definition) is 1. The third-order valence-electron chi connectivity index (χ3n) is 1.48. The van der Waals surface area contributed by atoms with Gasteiger partial charge in [0.1, 0.15) is 15.4 Å². The molecule has 0 spiro atoms. The van der Waals surface area contributed by atoms with E-state index in [-0.39, 0.29) is 11.5 Å². The summed E-state index contributed by atoms with van der Waals surface area (Å²) >= 11 is 0. The smallest absolute Gasteiger partial charge is 0.339 e. The summed E-state index contributed by atoms with van der Waals surface area (Å²) < 4.78 is 9.91. The van der Waals surface area contributed by atoms with Gasteiger partial charge >= 0.3 is 5.97 Å². The molecule has 0 heterocycles. The van der Waals surface area contributed by atoms with Crippen molar-refractivity contribution in [3.8, 4) is 0 Å². The van der Waals surface area contributed by atoms with Crippen molar-refractivity contribution in [3.63, 3.8) is 0 Å². The van der Waals surface area contributed by atoms with Crippen LogP contribution in [0.25, 0.3) is 0 Å². The number of methoxy groups -OCH3 is 2. The first-order valence-electron chi connectivity index (χ1n) is 3.82. The van der Waals surface area contributed by atoms with E-state index in [9.17, 15) is 4.79 Å². The Bertz CT molecular complexity index is 226. The fraction of sp³-hybridized carbons (Fsp3) is 0.500. The summed E-state index contributed by atoms with van der Waals surface area (Å²) in [6.07, 6.45) is 0. The van der Waals surface area contributed by atoms with Crippen molar-refractivity contribution >= 4 is 15.5 Å². The van der Waals surface area contributed by atoms with Crippen LogP contribution in [-0.2, 0) is 14.3 Å². The van der Waals surface area contributed by atoms with Crippen molar-refractivity contribution in [3.05, 3.63) is 17.0 Å². The van der Waals surface area contributed by atoms with Gasteiger partial charge in [-0.2, -0.15) is 0 Å². The molecule has 0 aliphatic rings. The van der Waals surface area contributed by atoms with E-state index in [1.165, 1.54) is 6.92 Å². The predicted molar refractivity (Wildman–Crippen MR) is 51.3 cm³/mol. The summed E-state index contributed by atoms with van der Waals surface area (Å²) in [7, 11) is 2.40. The molecule has 0 saturated carbocycles. The van der Waals surface area contributed by atoms with E-state index < -0.39 is 15.5 Å². The highest BCUT2D eigenvalue weighted by atomic mass is 28.2. The Morgan fingerprint density at radius 3 is 2.46 bits per heavy atom. The fourth-order valence-electron chi connectivity index (χ4n) is 0.659. The van der Waals surface area contributed by atoms with E-state index in [1.807, 2.05) is 0 Å². The maximum absolute atomic E-state index is 10.3. The van der Waals surface area contributed by atoms with Gasteiger partial charge in [0.25, 0.3) is 0 Å². The molecule has 5 heteroatoms. The van der Waals surface area contributed by atoms with Gasteiger partial charge in [0.15, 0.2) is 0 Å². The predicted octanol–water partition coefficient (Wildman–Crippen LogP) is -0.125. The third kappa shape index (κ3) is 5.38. The molecule has 0 saturated heterocycles. The molecule has 0 rings (SSSR count). The molecule has 0 aliphatic carbocycles. The summed E-state index contributed by atoms with van der Waals surface area (Å²) in [6.45, 7) is 1.50. The van der Waals surface area contributed by atoms with E-state index in [0.29, 0.717) is 0 Å². The van der Waals surface area contributed by atoms with E-state index in [0.717, 1.165) is 0 Å². The minimum Gasteiger partial charge on any atom is -0.477 e. The lowest BCUT2D eigenvalue weighted by atomic mass is 10.3. The van der Waals surface area contributed by atoms with Gasteiger partial charge in [0.05, 0.1) is 5.57 Å². The summed E-state index contributed by atoms with van der Waals surface area (Å²) in [5.41, 5.74) is 4.61. The summed E-state index contributed by atoms with van der Waals surface area (Å²) in [4.78, 5) is 10.3. The van der Waals surface area contributed by atoms with Crippen LogP contribution < -0.4 is 0 Å².